The summed E-state index contributed by atoms with van der Waals surface area (Å²) >= 11 is 0. The summed E-state index contributed by atoms with van der Waals surface area (Å²) in [6.45, 7) is 4.97. The average molecular weight is 258 g/mol. The van der Waals surface area contributed by atoms with Crippen LogP contribution in [0.15, 0.2) is 18.2 Å². The summed E-state index contributed by atoms with van der Waals surface area (Å²) in [5.74, 6) is 1.22. The molecule has 1 unspecified atom stereocenters. The molecule has 2 aromatic rings. The third-order valence-electron chi connectivity index (χ3n) is 3.44. The van der Waals surface area contributed by atoms with E-state index in [2.05, 4.69) is 47.4 Å². The third kappa shape index (κ3) is 2.21. The van der Waals surface area contributed by atoms with E-state index < -0.39 is 0 Å². The monoisotopic (exact) mass is 258 g/mol. The van der Waals surface area contributed by atoms with E-state index in [9.17, 15) is 0 Å². The second-order valence-electron chi connectivity index (χ2n) is 5.11. The first-order valence-electron chi connectivity index (χ1n) is 6.55. The van der Waals surface area contributed by atoms with Gasteiger partial charge in [0.15, 0.2) is 5.82 Å². The van der Waals surface area contributed by atoms with Crippen LogP contribution in [0.4, 0.5) is 5.95 Å². The molecule has 19 heavy (non-hydrogen) atoms. The van der Waals surface area contributed by atoms with Crippen LogP contribution in [0.1, 0.15) is 35.0 Å². The number of hydrogen-bond acceptors (Lipinski definition) is 4. The van der Waals surface area contributed by atoms with Gasteiger partial charge in [-0.05, 0) is 25.8 Å². The molecule has 5 heteroatoms. The Balaban J connectivity index is 2.05. The molecule has 1 aromatic heterocycles. The summed E-state index contributed by atoms with van der Waals surface area (Å²) in [7, 11) is 0. The van der Waals surface area contributed by atoms with Crippen molar-refractivity contribution in [2.24, 2.45) is 0 Å². The Kier molecular flexibility index (Phi) is 2.98. The second-order valence-corrected chi connectivity index (χ2v) is 5.11. The predicted octanol–water partition coefficient (Wildman–Crippen LogP) is 1.79. The fraction of sp³-hybridized carbons (Fsp3) is 0.429. The fourth-order valence-corrected chi connectivity index (χ4v) is 2.73. The lowest BCUT2D eigenvalue weighted by Gasteiger charge is -2.25. The molecule has 0 spiro atoms. The van der Waals surface area contributed by atoms with E-state index in [0.717, 1.165) is 18.9 Å². The molecule has 1 aliphatic heterocycles. The van der Waals surface area contributed by atoms with Crippen molar-refractivity contribution in [3.05, 3.63) is 40.7 Å². The SMILES string of the molecule is Cc1cc(C)cc(C2CCNc3nc(CO)nn32)c1. The van der Waals surface area contributed by atoms with Gasteiger partial charge in [0, 0.05) is 6.54 Å². The first-order valence-corrected chi connectivity index (χ1v) is 6.55. The summed E-state index contributed by atoms with van der Waals surface area (Å²) in [6.07, 6.45) is 0.976. The van der Waals surface area contributed by atoms with Crippen LogP contribution in [0.3, 0.4) is 0 Å². The fourth-order valence-electron chi connectivity index (χ4n) is 2.73. The van der Waals surface area contributed by atoms with Crippen LogP contribution in [-0.4, -0.2) is 26.4 Å². The van der Waals surface area contributed by atoms with Gasteiger partial charge in [-0.25, -0.2) is 4.68 Å². The van der Waals surface area contributed by atoms with E-state index in [1.165, 1.54) is 16.7 Å². The number of benzene rings is 1. The molecular formula is C14H18N4O. The van der Waals surface area contributed by atoms with Gasteiger partial charge in [0.05, 0.1) is 6.04 Å². The highest BCUT2D eigenvalue weighted by molar-refractivity contribution is 5.36. The molecule has 3 rings (SSSR count). The summed E-state index contributed by atoms with van der Waals surface area (Å²) in [6, 6.07) is 6.77. The lowest BCUT2D eigenvalue weighted by Crippen LogP contribution is -2.24. The van der Waals surface area contributed by atoms with Crippen molar-refractivity contribution in [2.75, 3.05) is 11.9 Å². The molecule has 5 nitrogen and oxygen atoms in total. The van der Waals surface area contributed by atoms with Gasteiger partial charge in [0.1, 0.15) is 6.61 Å². The van der Waals surface area contributed by atoms with E-state index in [4.69, 9.17) is 5.11 Å². The zero-order valence-electron chi connectivity index (χ0n) is 11.2. The zero-order valence-corrected chi connectivity index (χ0v) is 11.2. The van der Waals surface area contributed by atoms with E-state index in [1.54, 1.807) is 0 Å². The van der Waals surface area contributed by atoms with Crippen LogP contribution in [-0.2, 0) is 6.61 Å². The smallest absolute Gasteiger partial charge is 0.222 e. The second kappa shape index (κ2) is 4.66. The van der Waals surface area contributed by atoms with Gasteiger partial charge in [-0.1, -0.05) is 29.3 Å². The normalized spacial score (nSPS) is 17.9. The van der Waals surface area contributed by atoms with E-state index >= 15 is 0 Å². The quantitative estimate of drug-likeness (QED) is 0.862. The van der Waals surface area contributed by atoms with Crippen LogP contribution >= 0.6 is 0 Å². The van der Waals surface area contributed by atoms with Crippen molar-refractivity contribution in [1.82, 2.24) is 14.8 Å². The number of hydrogen-bond donors (Lipinski definition) is 2. The maximum atomic E-state index is 9.17. The summed E-state index contributed by atoms with van der Waals surface area (Å²) in [5.41, 5.74) is 3.78. The maximum absolute atomic E-state index is 9.17. The molecule has 0 bridgehead atoms. The van der Waals surface area contributed by atoms with Crippen molar-refractivity contribution in [2.45, 2.75) is 32.9 Å². The van der Waals surface area contributed by atoms with Gasteiger partial charge < -0.3 is 10.4 Å². The largest absolute Gasteiger partial charge is 0.388 e. The molecule has 0 amide bonds. The van der Waals surface area contributed by atoms with Gasteiger partial charge >= 0.3 is 0 Å². The Morgan fingerprint density at radius 3 is 2.74 bits per heavy atom. The predicted molar refractivity (Wildman–Crippen MR) is 73.1 cm³/mol. The standard InChI is InChI=1S/C14H18N4O/c1-9-5-10(2)7-11(6-9)12-3-4-15-14-16-13(8-19)17-18(12)14/h5-7,12,19H,3-4,8H2,1-2H3,(H,15,16,17). The van der Waals surface area contributed by atoms with Crippen LogP contribution in [0.25, 0.3) is 0 Å². The van der Waals surface area contributed by atoms with Crippen molar-refractivity contribution in [1.29, 1.82) is 0 Å². The average Bonchev–Trinajstić information content (AvgIpc) is 2.80. The molecule has 1 atom stereocenters. The highest BCUT2D eigenvalue weighted by Gasteiger charge is 2.24. The van der Waals surface area contributed by atoms with Crippen LogP contribution in [0, 0.1) is 13.8 Å². The minimum Gasteiger partial charge on any atom is -0.388 e. The molecule has 0 radical (unpaired) electrons. The lowest BCUT2D eigenvalue weighted by molar-refractivity contribution is 0.270. The number of aromatic nitrogens is 3. The Labute approximate surface area is 112 Å². The molecule has 1 aromatic carbocycles. The number of aryl methyl sites for hydroxylation is 2. The first-order chi connectivity index (χ1) is 9.17. The molecule has 2 heterocycles. The molecule has 1 aliphatic rings. The van der Waals surface area contributed by atoms with Crippen LogP contribution < -0.4 is 5.32 Å². The molecule has 100 valence electrons. The molecule has 0 saturated carbocycles. The summed E-state index contributed by atoms with van der Waals surface area (Å²) < 4.78 is 1.89. The number of anilines is 1. The van der Waals surface area contributed by atoms with Gasteiger partial charge in [0.25, 0.3) is 0 Å². The number of rotatable bonds is 2. The number of nitrogens with zero attached hydrogens (tertiary/aromatic N) is 3. The number of nitrogens with one attached hydrogen (secondary N) is 1. The van der Waals surface area contributed by atoms with Crippen LogP contribution in [0.5, 0.6) is 0 Å². The molecule has 2 N–H and O–H groups in total. The Morgan fingerprint density at radius 2 is 2.05 bits per heavy atom. The highest BCUT2D eigenvalue weighted by Crippen LogP contribution is 2.29. The van der Waals surface area contributed by atoms with Gasteiger partial charge in [0.2, 0.25) is 5.95 Å². The van der Waals surface area contributed by atoms with Crippen molar-refractivity contribution in [3.63, 3.8) is 0 Å². The van der Waals surface area contributed by atoms with Crippen LogP contribution in [0.2, 0.25) is 0 Å². The lowest BCUT2D eigenvalue weighted by atomic mass is 9.98. The van der Waals surface area contributed by atoms with E-state index in [-0.39, 0.29) is 12.6 Å². The van der Waals surface area contributed by atoms with Crippen molar-refractivity contribution >= 4 is 5.95 Å². The third-order valence-corrected chi connectivity index (χ3v) is 3.44. The Morgan fingerprint density at radius 1 is 1.32 bits per heavy atom. The number of aliphatic hydroxyl groups is 1. The topological polar surface area (TPSA) is 63.0 Å². The Hall–Kier alpha value is -1.88. The minimum atomic E-state index is -0.124. The summed E-state index contributed by atoms with van der Waals surface area (Å²) in [4.78, 5) is 4.28. The highest BCUT2D eigenvalue weighted by atomic mass is 16.3. The summed E-state index contributed by atoms with van der Waals surface area (Å²) in [5, 5.41) is 16.8. The molecule has 0 aliphatic carbocycles. The van der Waals surface area contributed by atoms with E-state index in [0.29, 0.717) is 5.82 Å². The van der Waals surface area contributed by atoms with E-state index in [1.807, 2.05) is 4.68 Å². The minimum absolute atomic E-state index is 0.124. The van der Waals surface area contributed by atoms with Gasteiger partial charge in [-0.2, -0.15) is 10.1 Å². The van der Waals surface area contributed by atoms with Gasteiger partial charge in [-0.3, -0.25) is 0 Å². The van der Waals surface area contributed by atoms with Crippen molar-refractivity contribution < 1.29 is 5.11 Å². The Bertz CT molecular complexity index is 585. The van der Waals surface area contributed by atoms with Crippen molar-refractivity contribution in [3.8, 4) is 0 Å². The molecule has 0 fully saturated rings. The first kappa shape index (κ1) is 12.2. The number of fused-ring (bicyclic) bond motifs is 1. The van der Waals surface area contributed by atoms with Gasteiger partial charge in [-0.15, -0.1) is 0 Å². The zero-order chi connectivity index (χ0) is 13.4. The molecular weight excluding hydrogens is 240 g/mol. The molecule has 0 saturated heterocycles. The maximum Gasteiger partial charge on any atom is 0.222 e. The number of aliphatic hydroxyl groups excluding tert-OH is 1.